The zero-order chi connectivity index (χ0) is 25.8. The van der Waals surface area contributed by atoms with E-state index in [0.717, 1.165) is 13.8 Å². The topological polar surface area (TPSA) is 58.9 Å². The molecule has 2 aromatic rings. The zero-order valence-corrected chi connectivity index (χ0v) is 19.1. The van der Waals surface area contributed by atoms with E-state index < -0.39 is 23.6 Å². The van der Waals surface area contributed by atoms with Crippen molar-refractivity contribution >= 4 is 0 Å². The van der Waals surface area contributed by atoms with Crippen LogP contribution in [0.1, 0.15) is 43.0 Å². The summed E-state index contributed by atoms with van der Waals surface area (Å²) in [6.07, 6.45) is -8.87. The van der Waals surface area contributed by atoms with Crippen molar-refractivity contribution in [2.24, 2.45) is 0 Å². The molecule has 2 unspecified atom stereocenters. The van der Waals surface area contributed by atoms with Crippen molar-refractivity contribution in [1.29, 1.82) is 0 Å². The summed E-state index contributed by atoms with van der Waals surface area (Å²) in [6.45, 7) is 4.96. The van der Waals surface area contributed by atoms with E-state index in [-0.39, 0.29) is 11.1 Å². The fourth-order valence-corrected chi connectivity index (χ4v) is 2.93. The molecule has 0 saturated heterocycles. The van der Waals surface area contributed by atoms with Crippen LogP contribution in [0.2, 0.25) is 0 Å². The zero-order valence-electron chi connectivity index (χ0n) is 19.1. The largest absolute Gasteiger partial charge is 0.497 e. The molecule has 0 amide bonds. The van der Waals surface area contributed by atoms with Gasteiger partial charge in [-0.2, -0.15) is 26.3 Å². The Morgan fingerprint density at radius 2 is 1.21 bits per heavy atom. The fraction of sp³-hybridized carbons (Fsp3) is 0.478. The number of benzene rings is 2. The van der Waals surface area contributed by atoms with Crippen LogP contribution in [0, 0.1) is 6.92 Å². The van der Waals surface area contributed by atoms with E-state index in [1.807, 2.05) is 6.92 Å². The van der Waals surface area contributed by atoms with E-state index in [4.69, 9.17) is 9.47 Å². The van der Waals surface area contributed by atoms with Crippen LogP contribution in [-0.4, -0.2) is 36.8 Å². The van der Waals surface area contributed by atoms with Gasteiger partial charge in [0.1, 0.15) is 11.5 Å². The van der Waals surface area contributed by atoms with Crippen molar-refractivity contribution in [3.63, 3.8) is 0 Å². The van der Waals surface area contributed by atoms with E-state index in [2.05, 4.69) is 0 Å². The molecule has 2 aromatic carbocycles. The van der Waals surface area contributed by atoms with E-state index in [1.165, 1.54) is 50.6 Å². The number of hydrogen-bond donors (Lipinski definition) is 2. The molecule has 0 fully saturated rings. The molecule has 0 aliphatic rings. The summed E-state index contributed by atoms with van der Waals surface area (Å²) in [5.41, 5.74) is -4.83. The fourth-order valence-electron chi connectivity index (χ4n) is 2.93. The summed E-state index contributed by atoms with van der Waals surface area (Å²) in [5.74, 6) is 1.01. The maximum absolute atomic E-state index is 12.8. The molecule has 0 aliphatic carbocycles. The van der Waals surface area contributed by atoms with Crippen molar-refractivity contribution in [2.45, 2.75) is 57.7 Å². The number of halogens is 6. The standard InChI is InChI=1S/C13H17F3O2.C10H11F3O2/c1-5-9-7-10(6-8(2)11(9)18-4)12(3,17)13(14,15)16;1-9(14,10(11,12)13)7-3-5-8(15-2)6-4-7/h6-7,17H,5H2,1-4H3;3-6,14H,1-2H3. The van der Waals surface area contributed by atoms with Crippen molar-refractivity contribution in [2.75, 3.05) is 14.2 Å². The Kier molecular flexibility index (Phi) is 8.84. The molecule has 186 valence electrons. The van der Waals surface area contributed by atoms with Gasteiger partial charge in [-0.15, -0.1) is 0 Å². The number of aliphatic hydroxyl groups is 2. The van der Waals surface area contributed by atoms with Gasteiger partial charge in [-0.25, -0.2) is 0 Å². The molecule has 0 bridgehead atoms. The molecule has 0 aliphatic heterocycles. The summed E-state index contributed by atoms with van der Waals surface area (Å²) < 4.78 is 85.6. The lowest BCUT2D eigenvalue weighted by Crippen LogP contribution is -2.39. The number of rotatable bonds is 5. The lowest BCUT2D eigenvalue weighted by atomic mass is 9.91. The van der Waals surface area contributed by atoms with Crippen LogP contribution < -0.4 is 9.47 Å². The van der Waals surface area contributed by atoms with Crippen molar-refractivity contribution in [1.82, 2.24) is 0 Å². The predicted octanol–water partition coefficient (Wildman–Crippen LogP) is 5.80. The van der Waals surface area contributed by atoms with Gasteiger partial charge in [-0.05, 0) is 73.7 Å². The first-order chi connectivity index (χ1) is 14.9. The highest BCUT2D eigenvalue weighted by Gasteiger charge is 2.52. The molecular formula is C23H28F6O4. The molecule has 4 nitrogen and oxygen atoms in total. The van der Waals surface area contributed by atoms with Crippen molar-refractivity contribution in [3.8, 4) is 11.5 Å². The third kappa shape index (κ3) is 6.32. The number of ether oxygens (including phenoxy) is 2. The number of hydrogen-bond acceptors (Lipinski definition) is 4. The summed E-state index contributed by atoms with van der Waals surface area (Å²) in [6, 6.07) is 7.77. The van der Waals surface area contributed by atoms with E-state index in [0.29, 0.717) is 29.0 Å². The van der Waals surface area contributed by atoms with Gasteiger partial charge < -0.3 is 19.7 Å². The summed E-state index contributed by atoms with van der Waals surface area (Å²) in [4.78, 5) is 0. The predicted molar refractivity (Wildman–Crippen MR) is 111 cm³/mol. The van der Waals surface area contributed by atoms with Gasteiger partial charge in [0.05, 0.1) is 14.2 Å². The first-order valence-electron chi connectivity index (χ1n) is 9.84. The third-order valence-corrected chi connectivity index (χ3v) is 5.25. The lowest BCUT2D eigenvalue weighted by Gasteiger charge is -2.28. The van der Waals surface area contributed by atoms with E-state index in [1.54, 1.807) is 6.92 Å². The summed E-state index contributed by atoms with van der Waals surface area (Å²) in [5, 5.41) is 19.0. The van der Waals surface area contributed by atoms with Crippen LogP contribution >= 0.6 is 0 Å². The Labute approximate surface area is 188 Å². The van der Waals surface area contributed by atoms with Crippen LogP contribution in [0.3, 0.4) is 0 Å². The second kappa shape index (κ2) is 10.2. The average molecular weight is 482 g/mol. The minimum atomic E-state index is -4.71. The number of aryl methyl sites for hydroxylation is 2. The van der Waals surface area contributed by atoms with Crippen LogP contribution in [0.5, 0.6) is 11.5 Å². The maximum Gasteiger partial charge on any atom is 0.421 e. The second-order valence-electron chi connectivity index (χ2n) is 7.71. The third-order valence-electron chi connectivity index (χ3n) is 5.25. The van der Waals surface area contributed by atoms with E-state index in [9.17, 15) is 36.6 Å². The highest BCUT2D eigenvalue weighted by atomic mass is 19.4. The van der Waals surface area contributed by atoms with Gasteiger partial charge in [0.25, 0.3) is 0 Å². The Morgan fingerprint density at radius 3 is 1.58 bits per heavy atom. The molecule has 33 heavy (non-hydrogen) atoms. The number of alkyl halides is 6. The van der Waals surface area contributed by atoms with Crippen LogP contribution in [0.25, 0.3) is 0 Å². The van der Waals surface area contributed by atoms with Gasteiger partial charge in [0.15, 0.2) is 11.2 Å². The summed E-state index contributed by atoms with van der Waals surface area (Å²) >= 11 is 0. The first kappa shape index (κ1) is 28.6. The van der Waals surface area contributed by atoms with Crippen molar-refractivity contribution < 1.29 is 46.0 Å². The molecule has 0 radical (unpaired) electrons. The molecule has 0 saturated carbocycles. The van der Waals surface area contributed by atoms with Crippen LogP contribution in [-0.2, 0) is 17.6 Å². The molecule has 0 aromatic heterocycles. The van der Waals surface area contributed by atoms with Gasteiger partial charge in [0, 0.05) is 0 Å². The monoisotopic (exact) mass is 482 g/mol. The van der Waals surface area contributed by atoms with E-state index >= 15 is 0 Å². The Hall–Kier alpha value is -2.46. The van der Waals surface area contributed by atoms with Crippen LogP contribution in [0.15, 0.2) is 36.4 Å². The number of methoxy groups -OCH3 is 2. The van der Waals surface area contributed by atoms with Gasteiger partial charge in [-0.3, -0.25) is 0 Å². The molecule has 2 rings (SSSR count). The molecule has 2 N–H and O–H groups in total. The summed E-state index contributed by atoms with van der Waals surface area (Å²) in [7, 11) is 2.89. The normalized spacial score (nSPS) is 15.6. The average Bonchev–Trinajstić information content (AvgIpc) is 2.71. The molecule has 0 spiro atoms. The maximum atomic E-state index is 12.8. The highest BCUT2D eigenvalue weighted by molar-refractivity contribution is 5.46. The Balaban J connectivity index is 0.000000335. The van der Waals surface area contributed by atoms with Crippen molar-refractivity contribution in [3.05, 3.63) is 58.7 Å². The minimum Gasteiger partial charge on any atom is -0.497 e. The first-order valence-corrected chi connectivity index (χ1v) is 9.84. The lowest BCUT2D eigenvalue weighted by molar-refractivity contribution is -0.259. The second-order valence-corrected chi connectivity index (χ2v) is 7.71. The minimum absolute atomic E-state index is 0.162. The molecular weight excluding hydrogens is 454 g/mol. The SMILES string of the molecule is CCc1cc(C(C)(O)C(F)(F)F)cc(C)c1OC.COc1ccc(C(C)(O)C(F)(F)F)cc1. The molecule has 0 heterocycles. The molecule has 10 heteroatoms. The van der Waals surface area contributed by atoms with Gasteiger partial charge in [-0.1, -0.05) is 19.1 Å². The van der Waals surface area contributed by atoms with Gasteiger partial charge in [0.2, 0.25) is 0 Å². The van der Waals surface area contributed by atoms with Gasteiger partial charge >= 0.3 is 12.4 Å². The Bertz CT molecular complexity index is 916. The van der Waals surface area contributed by atoms with Crippen LogP contribution in [0.4, 0.5) is 26.3 Å². The Morgan fingerprint density at radius 1 is 0.758 bits per heavy atom. The highest BCUT2D eigenvalue weighted by Crippen LogP contribution is 2.41. The quantitative estimate of drug-likeness (QED) is 0.529. The molecule has 2 atom stereocenters. The smallest absolute Gasteiger partial charge is 0.421 e.